The quantitative estimate of drug-likeness (QED) is 0.826. The molecule has 0 aromatic heterocycles. The Bertz CT molecular complexity index is 370. The third kappa shape index (κ3) is 3.44. The zero-order chi connectivity index (χ0) is 14.7. The number of carbonyl (C=O) groups is 2. The zero-order valence-electron chi connectivity index (χ0n) is 12.6. The van der Waals surface area contributed by atoms with Crippen molar-refractivity contribution < 1.29 is 9.59 Å². The van der Waals surface area contributed by atoms with Crippen LogP contribution in [0.3, 0.4) is 0 Å². The van der Waals surface area contributed by atoms with Crippen LogP contribution in [0.2, 0.25) is 0 Å². The second-order valence-corrected chi connectivity index (χ2v) is 6.61. The van der Waals surface area contributed by atoms with Crippen LogP contribution in [0, 0.1) is 17.8 Å². The first-order valence-electron chi connectivity index (χ1n) is 7.83. The molecule has 0 spiro atoms. The Balaban J connectivity index is 1.98. The lowest BCUT2D eigenvalue weighted by Crippen LogP contribution is -2.55. The lowest BCUT2D eigenvalue weighted by Gasteiger charge is -2.42. The molecule has 5 heteroatoms. The van der Waals surface area contributed by atoms with Gasteiger partial charge in [-0.05, 0) is 30.6 Å². The molecule has 2 fully saturated rings. The Morgan fingerprint density at radius 1 is 1.15 bits per heavy atom. The summed E-state index contributed by atoms with van der Waals surface area (Å²) < 4.78 is 0. The number of nitrogens with two attached hydrogens (primary N) is 1. The number of piperidine rings is 1. The van der Waals surface area contributed by atoms with Gasteiger partial charge in [0.15, 0.2) is 0 Å². The van der Waals surface area contributed by atoms with Crippen molar-refractivity contribution in [3.63, 3.8) is 0 Å². The summed E-state index contributed by atoms with van der Waals surface area (Å²) in [6, 6.07) is -1.11. The predicted molar refractivity (Wildman–Crippen MR) is 78.0 cm³/mol. The summed E-state index contributed by atoms with van der Waals surface area (Å²) in [5.74, 6) is 1.54. The van der Waals surface area contributed by atoms with Crippen molar-refractivity contribution >= 4 is 11.9 Å². The molecule has 0 aromatic carbocycles. The van der Waals surface area contributed by atoms with Gasteiger partial charge in [-0.2, -0.15) is 0 Å². The van der Waals surface area contributed by atoms with E-state index < -0.39 is 12.1 Å². The van der Waals surface area contributed by atoms with E-state index in [1.807, 2.05) is 18.7 Å². The van der Waals surface area contributed by atoms with E-state index in [-0.39, 0.29) is 11.8 Å². The van der Waals surface area contributed by atoms with Gasteiger partial charge in [0.05, 0.1) is 0 Å². The Morgan fingerprint density at radius 3 is 2.40 bits per heavy atom. The number of urea groups is 1. The van der Waals surface area contributed by atoms with Gasteiger partial charge in [-0.1, -0.05) is 33.1 Å². The molecule has 1 saturated heterocycles. The van der Waals surface area contributed by atoms with Gasteiger partial charge in [0.1, 0.15) is 6.04 Å². The number of fused-ring (bicyclic) bond motifs is 1. The van der Waals surface area contributed by atoms with Gasteiger partial charge in [0, 0.05) is 13.1 Å². The van der Waals surface area contributed by atoms with E-state index in [0.29, 0.717) is 5.92 Å². The van der Waals surface area contributed by atoms with Gasteiger partial charge in [-0.25, -0.2) is 4.79 Å². The predicted octanol–water partition coefficient (Wildman–Crippen LogP) is 1.72. The van der Waals surface area contributed by atoms with Crippen LogP contribution in [0.15, 0.2) is 0 Å². The zero-order valence-corrected chi connectivity index (χ0v) is 12.6. The van der Waals surface area contributed by atoms with Crippen molar-refractivity contribution in [1.29, 1.82) is 0 Å². The molecule has 3 amide bonds. The van der Waals surface area contributed by atoms with E-state index in [9.17, 15) is 9.59 Å². The van der Waals surface area contributed by atoms with Gasteiger partial charge in [-0.3, -0.25) is 4.79 Å². The normalized spacial score (nSPS) is 27.9. The van der Waals surface area contributed by atoms with Crippen LogP contribution in [0.5, 0.6) is 0 Å². The van der Waals surface area contributed by atoms with Crippen LogP contribution in [0.1, 0.15) is 46.0 Å². The topological polar surface area (TPSA) is 75.4 Å². The maximum absolute atomic E-state index is 12.6. The van der Waals surface area contributed by atoms with Crippen LogP contribution in [-0.2, 0) is 4.79 Å². The molecule has 3 atom stereocenters. The number of carbonyl (C=O) groups excluding carboxylic acids is 2. The van der Waals surface area contributed by atoms with Gasteiger partial charge < -0.3 is 16.0 Å². The summed E-state index contributed by atoms with van der Waals surface area (Å²) in [7, 11) is 0. The molecule has 0 unspecified atom stereocenters. The van der Waals surface area contributed by atoms with E-state index in [1.165, 1.54) is 25.7 Å². The third-order valence-corrected chi connectivity index (χ3v) is 4.83. The van der Waals surface area contributed by atoms with E-state index in [4.69, 9.17) is 5.73 Å². The molecule has 5 nitrogen and oxygen atoms in total. The number of hydrogen-bond donors (Lipinski definition) is 2. The van der Waals surface area contributed by atoms with Crippen molar-refractivity contribution in [2.24, 2.45) is 23.5 Å². The monoisotopic (exact) mass is 281 g/mol. The molecule has 2 aliphatic rings. The fraction of sp³-hybridized carbons (Fsp3) is 0.867. The average molecular weight is 281 g/mol. The van der Waals surface area contributed by atoms with Gasteiger partial charge in [0.25, 0.3) is 0 Å². The lowest BCUT2D eigenvalue weighted by atomic mass is 9.75. The summed E-state index contributed by atoms with van der Waals surface area (Å²) in [5.41, 5.74) is 5.18. The lowest BCUT2D eigenvalue weighted by molar-refractivity contribution is -0.137. The summed E-state index contributed by atoms with van der Waals surface area (Å²) >= 11 is 0. The second kappa shape index (κ2) is 6.46. The van der Waals surface area contributed by atoms with E-state index in [0.717, 1.165) is 25.4 Å². The largest absolute Gasteiger partial charge is 0.352 e. The highest BCUT2D eigenvalue weighted by atomic mass is 16.2. The van der Waals surface area contributed by atoms with Gasteiger partial charge in [-0.15, -0.1) is 0 Å². The summed E-state index contributed by atoms with van der Waals surface area (Å²) in [5, 5.41) is 2.60. The van der Waals surface area contributed by atoms with Crippen molar-refractivity contribution in [3.05, 3.63) is 0 Å². The number of likely N-dealkylation sites (tertiary alicyclic amines) is 1. The van der Waals surface area contributed by atoms with Gasteiger partial charge in [0.2, 0.25) is 5.91 Å². The van der Waals surface area contributed by atoms with Crippen molar-refractivity contribution in [3.8, 4) is 0 Å². The molecular weight excluding hydrogens is 254 g/mol. The highest BCUT2D eigenvalue weighted by molar-refractivity contribution is 5.86. The van der Waals surface area contributed by atoms with E-state index >= 15 is 0 Å². The molecule has 0 radical (unpaired) electrons. The Hall–Kier alpha value is -1.26. The molecule has 3 N–H and O–H groups in total. The summed E-state index contributed by atoms with van der Waals surface area (Å²) in [4.78, 5) is 25.6. The SMILES string of the molecule is CC(C)[C@H](NC(N)=O)C(=O)N1CC[C@H]2CCCC[C@@H]2C1. The number of hydrogen-bond acceptors (Lipinski definition) is 2. The fourth-order valence-corrected chi connectivity index (χ4v) is 3.66. The molecule has 1 heterocycles. The minimum absolute atomic E-state index is 0.0304. The third-order valence-electron chi connectivity index (χ3n) is 4.83. The van der Waals surface area contributed by atoms with E-state index in [1.54, 1.807) is 0 Å². The molecule has 2 rings (SSSR count). The second-order valence-electron chi connectivity index (χ2n) is 6.61. The number of rotatable bonds is 3. The van der Waals surface area contributed by atoms with Crippen LogP contribution in [-0.4, -0.2) is 36.0 Å². The Labute approximate surface area is 121 Å². The first-order chi connectivity index (χ1) is 9.49. The molecule has 0 aromatic rings. The number of nitrogens with one attached hydrogen (secondary N) is 1. The van der Waals surface area contributed by atoms with Gasteiger partial charge >= 0.3 is 6.03 Å². The molecule has 1 aliphatic carbocycles. The fourth-order valence-electron chi connectivity index (χ4n) is 3.66. The Morgan fingerprint density at radius 2 is 1.80 bits per heavy atom. The molecule has 1 saturated carbocycles. The number of amides is 3. The molecule has 20 heavy (non-hydrogen) atoms. The van der Waals surface area contributed by atoms with Crippen LogP contribution < -0.4 is 11.1 Å². The summed E-state index contributed by atoms with van der Waals surface area (Å²) in [6.07, 6.45) is 6.30. The summed E-state index contributed by atoms with van der Waals surface area (Å²) in [6.45, 7) is 5.55. The maximum Gasteiger partial charge on any atom is 0.312 e. The maximum atomic E-state index is 12.6. The van der Waals surface area contributed by atoms with Crippen LogP contribution >= 0.6 is 0 Å². The van der Waals surface area contributed by atoms with E-state index in [2.05, 4.69) is 5.32 Å². The minimum Gasteiger partial charge on any atom is -0.352 e. The highest BCUT2D eigenvalue weighted by Gasteiger charge is 2.36. The first-order valence-corrected chi connectivity index (χ1v) is 7.83. The highest BCUT2D eigenvalue weighted by Crippen LogP contribution is 2.36. The van der Waals surface area contributed by atoms with Crippen molar-refractivity contribution in [2.75, 3.05) is 13.1 Å². The minimum atomic E-state index is -0.621. The van der Waals surface area contributed by atoms with Crippen molar-refractivity contribution in [2.45, 2.75) is 52.0 Å². The number of primary amides is 1. The average Bonchev–Trinajstić information content (AvgIpc) is 2.43. The van der Waals surface area contributed by atoms with Crippen LogP contribution in [0.25, 0.3) is 0 Å². The standard InChI is InChI=1S/C15H27N3O2/c1-10(2)13(17-15(16)20)14(19)18-8-7-11-5-3-4-6-12(11)9-18/h10-13H,3-9H2,1-2H3,(H3,16,17,20)/t11-,12-,13+/m1/s1. The van der Waals surface area contributed by atoms with Crippen LogP contribution in [0.4, 0.5) is 4.79 Å². The molecular formula is C15H27N3O2. The molecule has 1 aliphatic heterocycles. The smallest absolute Gasteiger partial charge is 0.312 e. The molecule has 114 valence electrons. The number of nitrogens with zero attached hydrogens (tertiary/aromatic N) is 1. The molecule has 0 bridgehead atoms. The first kappa shape index (κ1) is 15.1. The Kier molecular flexibility index (Phi) is 4.89. The van der Waals surface area contributed by atoms with Crippen molar-refractivity contribution in [1.82, 2.24) is 10.2 Å².